The fourth-order valence-electron chi connectivity index (χ4n) is 3.01. The molecule has 4 rings (SSSR count). The largest absolute Gasteiger partial charge is 0.477 e. The predicted molar refractivity (Wildman–Crippen MR) is 95.5 cm³/mol. The van der Waals surface area contributed by atoms with Gasteiger partial charge >= 0.3 is 5.97 Å². The molecule has 0 saturated carbocycles. The molecule has 2 aromatic carbocycles. The Morgan fingerprint density at radius 2 is 1.83 bits per heavy atom. The molecule has 0 aliphatic heterocycles. The van der Waals surface area contributed by atoms with Crippen LogP contribution < -0.4 is 5.43 Å². The number of hydrogen-bond donors (Lipinski definition) is 1. The number of fused-ring (bicyclic) bond motifs is 1. The first kappa shape index (κ1) is 18.4. The summed E-state index contributed by atoms with van der Waals surface area (Å²) in [5, 5.41) is 16.2. The van der Waals surface area contributed by atoms with E-state index in [4.69, 9.17) is 0 Å². The van der Waals surface area contributed by atoms with Gasteiger partial charge in [0.25, 0.3) is 0 Å². The van der Waals surface area contributed by atoms with E-state index in [-0.39, 0.29) is 5.69 Å². The third kappa shape index (κ3) is 3.14. The summed E-state index contributed by atoms with van der Waals surface area (Å²) in [5.74, 6) is -6.49. The van der Waals surface area contributed by atoms with Crippen LogP contribution in [0.3, 0.4) is 0 Å². The van der Waals surface area contributed by atoms with E-state index in [0.717, 1.165) is 16.3 Å². The fraction of sp³-hybridized carbons (Fsp3) is 0.0526. The molecule has 0 aliphatic rings. The van der Waals surface area contributed by atoms with Crippen molar-refractivity contribution in [2.45, 2.75) is 6.54 Å². The van der Waals surface area contributed by atoms with Crippen molar-refractivity contribution < 1.29 is 23.1 Å². The summed E-state index contributed by atoms with van der Waals surface area (Å²) in [6.07, 6.45) is 4.07. The number of aromatic nitrogens is 4. The third-order valence-corrected chi connectivity index (χ3v) is 4.39. The van der Waals surface area contributed by atoms with Gasteiger partial charge in [0.15, 0.2) is 17.5 Å². The van der Waals surface area contributed by atoms with E-state index >= 15 is 0 Å². The van der Waals surface area contributed by atoms with Crippen molar-refractivity contribution in [3.63, 3.8) is 0 Å². The standard InChI is InChI=1S/C19H11F3N4O3/c20-14-7-12-17(16(22)15(14)21)26(9-13(18(12)27)19(28)29)11-3-1-10(2-4-11)8-25-6-5-23-24-25/h1-7,9H,8H2,(H,28,29). The predicted octanol–water partition coefficient (Wildman–Crippen LogP) is 2.75. The van der Waals surface area contributed by atoms with Crippen LogP contribution in [0.25, 0.3) is 16.6 Å². The topological polar surface area (TPSA) is 90.0 Å². The molecule has 146 valence electrons. The SMILES string of the molecule is O=C(O)c1cn(-c2ccc(Cn3ccnn3)cc2)c2c(F)c(F)c(F)cc2c1=O. The number of halogens is 3. The minimum atomic E-state index is -1.75. The Morgan fingerprint density at radius 3 is 2.45 bits per heavy atom. The molecule has 0 radical (unpaired) electrons. The lowest BCUT2D eigenvalue weighted by atomic mass is 10.1. The van der Waals surface area contributed by atoms with Crippen LogP contribution in [0.1, 0.15) is 15.9 Å². The van der Waals surface area contributed by atoms with Crippen molar-refractivity contribution in [1.82, 2.24) is 19.6 Å². The average Bonchev–Trinajstić information content (AvgIpc) is 3.20. The van der Waals surface area contributed by atoms with Crippen molar-refractivity contribution in [2.75, 3.05) is 0 Å². The molecule has 0 saturated heterocycles. The van der Waals surface area contributed by atoms with Gasteiger partial charge < -0.3 is 9.67 Å². The van der Waals surface area contributed by atoms with Gasteiger partial charge in [-0.1, -0.05) is 17.3 Å². The summed E-state index contributed by atoms with van der Waals surface area (Å²) in [6.45, 7) is 0.403. The number of carbonyl (C=O) groups is 1. The highest BCUT2D eigenvalue weighted by atomic mass is 19.2. The van der Waals surface area contributed by atoms with Crippen molar-refractivity contribution in [3.8, 4) is 5.69 Å². The van der Waals surface area contributed by atoms with Crippen molar-refractivity contribution in [1.29, 1.82) is 0 Å². The number of carboxylic acid groups (broad SMARTS) is 1. The first-order valence-electron chi connectivity index (χ1n) is 8.26. The minimum absolute atomic E-state index is 0.254. The van der Waals surface area contributed by atoms with Gasteiger partial charge in [0.05, 0.1) is 23.6 Å². The second-order valence-electron chi connectivity index (χ2n) is 6.20. The van der Waals surface area contributed by atoms with Gasteiger partial charge in [-0.3, -0.25) is 4.79 Å². The van der Waals surface area contributed by atoms with E-state index in [1.54, 1.807) is 23.0 Å². The minimum Gasteiger partial charge on any atom is -0.477 e. The Labute approximate surface area is 160 Å². The summed E-state index contributed by atoms with van der Waals surface area (Å²) >= 11 is 0. The highest BCUT2D eigenvalue weighted by Gasteiger charge is 2.22. The summed E-state index contributed by atoms with van der Waals surface area (Å²) in [6, 6.07) is 6.89. The number of carboxylic acids is 1. The molecule has 0 unspecified atom stereocenters. The zero-order chi connectivity index (χ0) is 20.7. The second kappa shape index (κ2) is 6.89. The molecule has 1 N–H and O–H groups in total. The van der Waals surface area contributed by atoms with Crippen LogP contribution in [0.5, 0.6) is 0 Å². The maximum atomic E-state index is 14.5. The summed E-state index contributed by atoms with van der Waals surface area (Å²) < 4.78 is 44.6. The lowest BCUT2D eigenvalue weighted by Crippen LogP contribution is -2.20. The van der Waals surface area contributed by atoms with Crippen LogP contribution in [-0.4, -0.2) is 30.6 Å². The Morgan fingerprint density at radius 1 is 1.10 bits per heavy atom. The molecule has 29 heavy (non-hydrogen) atoms. The van der Waals surface area contributed by atoms with Crippen molar-refractivity contribution in [3.05, 3.63) is 87.7 Å². The molecule has 2 heterocycles. The summed E-state index contributed by atoms with van der Waals surface area (Å²) in [7, 11) is 0. The molecule has 0 bridgehead atoms. The van der Waals surface area contributed by atoms with E-state index in [1.165, 1.54) is 18.3 Å². The molecular formula is C19H11F3N4O3. The first-order chi connectivity index (χ1) is 13.9. The fourth-order valence-corrected chi connectivity index (χ4v) is 3.01. The highest BCUT2D eigenvalue weighted by Crippen LogP contribution is 2.25. The third-order valence-electron chi connectivity index (χ3n) is 4.39. The first-order valence-corrected chi connectivity index (χ1v) is 8.26. The molecular weight excluding hydrogens is 389 g/mol. The maximum Gasteiger partial charge on any atom is 0.341 e. The van der Waals surface area contributed by atoms with Gasteiger partial charge in [0.2, 0.25) is 5.43 Å². The molecule has 7 nitrogen and oxygen atoms in total. The van der Waals surface area contributed by atoms with E-state index in [0.29, 0.717) is 12.6 Å². The lowest BCUT2D eigenvalue weighted by molar-refractivity contribution is 0.0695. The van der Waals surface area contributed by atoms with Crippen LogP contribution in [0.2, 0.25) is 0 Å². The van der Waals surface area contributed by atoms with Gasteiger partial charge in [0, 0.05) is 18.1 Å². The Kier molecular flexibility index (Phi) is 4.38. The van der Waals surface area contributed by atoms with E-state index in [2.05, 4.69) is 10.3 Å². The number of pyridine rings is 1. The van der Waals surface area contributed by atoms with Crippen LogP contribution in [0.15, 0.2) is 53.7 Å². The van der Waals surface area contributed by atoms with E-state index in [9.17, 15) is 27.9 Å². The zero-order valence-corrected chi connectivity index (χ0v) is 14.5. The summed E-state index contributed by atoms with van der Waals surface area (Å²) in [5.41, 5.74) is -1.30. The van der Waals surface area contributed by atoms with Crippen LogP contribution in [0.4, 0.5) is 13.2 Å². The lowest BCUT2D eigenvalue weighted by Gasteiger charge is -2.14. The van der Waals surface area contributed by atoms with Crippen LogP contribution in [0, 0.1) is 17.5 Å². The number of aromatic carboxylic acids is 1. The number of benzene rings is 2. The van der Waals surface area contributed by atoms with Crippen molar-refractivity contribution in [2.24, 2.45) is 0 Å². The van der Waals surface area contributed by atoms with Gasteiger partial charge in [-0.2, -0.15) is 0 Å². The average molecular weight is 400 g/mol. The molecule has 0 fully saturated rings. The molecule has 0 aliphatic carbocycles. The molecule has 0 amide bonds. The zero-order valence-electron chi connectivity index (χ0n) is 14.5. The quantitative estimate of drug-likeness (QED) is 0.532. The Hall–Kier alpha value is -3.95. The monoisotopic (exact) mass is 400 g/mol. The van der Waals surface area contributed by atoms with Gasteiger partial charge in [-0.25, -0.2) is 22.6 Å². The maximum absolute atomic E-state index is 14.5. The Balaban J connectivity index is 1.92. The number of rotatable bonds is 4. The molecule has 0 atom stereocenters. The second-order valence-corrected chi connectivity index (χ2v) is 6.20. The van der Waals surface area contributed by atoms with Crippen molar-refractivity contribution >= 4 is 16.9 Å². The normalized spacial score (nSPS) is 11.1. The van der Waals surface area contributed by atoms with Gasteiger partial charge in [-0.15, -0.1) is 5.10 Å². The van der Waals surface area contributed by atoms with Gasteiger partial charge in [-0.05, 0) is 23.8 Å². The van der Waals surface area contributed by atoms with E-state index < -0.39 is 45.3 Å². The number of hydrogen-bond acceptors (Lipinski definition) is 4. The molecule has 0 spiro atoms. The smallest absolute Gasteiger partial charge is 0.341 e. The molecule has 10 heteroatoms. The highest BCUT2D eigenvalue weighted by molar-refractivity contribution is 5.93. The molecule has 4 aromatic rings. The van der Waals surface area contributed by atoms with Gasteiger partial charge in [0.1, 0.15) is 5.56 Å². The van der Waals surface area contributed by atoms with Crippen LogP contribution >= 0.6 is 0 Å². The number of nitrogens with zero attached hydrogens (tertiary/aromatic N) is 4. The molecule has 2 aromatic heterocycles. The Bertz CT molecular complexity index is 1300. The van der Waals surface area contributed by atoms with E-state index in [1.807, 2.05) is 0 Å². The summed E-state index contributed by atoms with van der Waals surface area (Å²) in [4.78, 5) is 23.8. The van der Waals surface area contributed by atoms with Crippen LogP contribution in [-0.2, 0) is 6.54 Å².